The molecule has 0 unspecified atom stereocenters. The van der Waals surface area contributed by atoms with E-state index in [1.54, 1.807) is 13.0 Å². The number of halogens is 1. The SMILES string of the molecule is CCOc1ccc(NC(=O)[C@@H]2CCCN2)cc1F. The zero-order valence-electron chi connectivity index (χ0n) is 10.3. The summed E-state index contributed by atoms with van der Waals surface area (Å²) in [4.78, 5) is 11.8. The minimum Gasteiger partial charge on any atom is -0.491 e. The lowest BCUT2D eigenvalue weighted by Crippen LogP contribution is -2.35. The van der Waals surface area contributed by atoms with Crippen molar-refractivity contribution < 1.29 is 13.9 Å². The van der Waals surface area contributed by atoms with Gasteiger partial charge < -0.3 is 15.4 Å². The Kier molecular flexibility index (Phi) is 4.15. The number of nitrogens with one attached hydrogen (secondary N) is 2. The van der Waals surface area contributed by atoms with Gasteiger partial charge in [-0.2, -0.15) is 0 Å². The first kappa shape index (κ1) is 12.8. The molecule has 0 saturated carbocycles. The normalized spacial score (nSPS) is 18.7. The highest BCUT2D eigenvalue weighted by molar-refractivity contribution is 5.95. The van der Waals surface area contributed by atoms with Gasteiger partial charge in [-0.1, -0.05) is 0 Å². The largest absolute Gasteiger partial charge is 0.491 e. The van der Waals surface area contributed by atoms with Gasteiger partial charge in [0.1, 0.15) is 0 Å². The lowest BCUT2D eigenvalue weighted by molar-refractivity contribution is -0.117. The Balaban J connectivity index is 2.00. The van der Waals surface area contributed by atoms with E-state index in [2.05, 4.69) is 10.6 Å². The highest BCUT2D eigenvalue weighted by atomic mass is 19.1. The smallest absolute Gasteiger partial charge is 0.241 e. The quantitative estimate of drug-likeness (QED) is 0.860. The average molecular weight is 252 g/mol. The van der Waals surface area contributed by atoms with Crippen LogP contribution in [0.15, 0.2) is 18.2 Å². The number of carbonyl (C=O) groups excluding carboxylic acids is 1. The van der Waals surface area contributed by atoms with Gasteiger partial charge in [-0.3, -0.25) is 4.79 Å². The Labute approximate surface area is 106 Å². The van der Waals surface area contributed by atoms with Crippen LogP contribution in [0.5, 0.6) is 5.75 Å². The Hall–Kier alpha value is -1.62. The Morgan fingerprint density at radius 2 is 2.44 bits per heavy atom. The standard InChI is InChI=1S/C13H17FN2O2/c1-2-18-12-6-5-9(8-10(12)14)16-13(17)11-4-3-7-15-11/h5-6,8,11,15H,2-4,7H2,1H3,(H,16,17)/t11-/m0/s1. The summed E-state index contributed by atoms with van der Waals surface area (Å²) in [6.07, 6.45) is 1.82. The third kappa shape index (κ3) is 2.98. The molecule has 2 N–H and O–H groups in total. The molecule has 1 amide bonds. The maximum Gasteiger partial charge on any atom is 0.241 e. The van der Waals surface area contributed by atoms with Crippen LogP contribution < -0.4 is 15.4 Å². The summed E-state index contributed by atoms with van der Waals surface area (Å²) in [7, 11) is 0. The maximum atomic E-state index is 13.6. The van der Waals surface area contributed by atoms with Gasteiger partial charge in [0.2, 0.25) is 5.91 Å². The van der Waals surface area contributed by atoms with Gasteiger partial charge in [0.05, 0.1) is 12.6 Å². The molecule has 4 nitrogen and oxygen atoms in total. The third-order valence-electron chi connectivity index (χ3n) is 2.88. The van der Waals surface area contributed by atoms with E-state index >= 15 is 0 Å². The van der Waals surface area contributed by atoms with Gasteiger partial charge >= 0.3 is 0 Å². The van der Waals surface area contributed by atoms with Gasteiger partial charge in [-0.05, 0) is 38.4 Å². The highest BCUT2D eigenvalue weighted by Gasteiger charge is 2.22. The topological polar surface area (TPSA) is 50.4 Å². The first-order valence-corrected chi connectivity index (χ1v) is 6.17. The second-order valence-corrected chi connectivity index (χ2v) is 4.22. The van der Waals surface area contributed by atoms with E-state index in [0.717, 1.165) is 19.4 Å². The summed E-state index contributed by atoms with van der Waals surface area (Å²) in [6, 6.07) is 4.27. The number of hydrogen-bond donors (Lipinski definition) is 2. The Morgan fingerprint density at radius 1 is 1.61 bits per heavy atom. The van der Waals surface area contributed by atoms with Crippen LogP contribution in [0.1, 0.15) is 19.8 Å². The summed E-state index contributed by atoms with van der Waals surface area (Å²) in [5.41, 5.74) is 0.453. The molecular weight excluding hydrogens is 235 g/mol. The summed E-state index contributed by atoms with van der Waals surface area (Å²) < 4.78 is 18.7. The van der Waals surface area contributed by atoms with E-state index in [-0.39, 0.29) is 17.7 Å². The second kappa shape index (κ2) is 5.82. The molecule has 98 valence electrons. The fraction of sp³-hybridized carbons (Fsp3) is 0.462. The number of rotatable bonds is 4. The van der Waals surface area contributed by atoms with Gasteiger partial charge in [0, 0.05) is 11.8 Å². The summed E-state index contributed by atoms with van der Waals surface area (Å²) >= 11 is 0. The molecule has 1 atom stereocenters. The molecule has 18 heavy (non-hydrogen) atoms. The number of amides is 1. The fourth-order valence-electron chi connectivity index (χ4n) is 1.99. The number of benzene rings is 1. The fourth-order valence-corrected chi connectivity index (χ4v) is 1.99. The molecule has 5 heteroatoms. The van der Waals surface area contributed by atoms with Crippen molar-refractivity contribution in [1.82, 2.24) is 5.32 Å². The molecule has 0 spiro atoms. The molecular formula is C13H17FN2O2. The van der Waals surface area contributed by atoms with Crippen LogP contribution in [0, 0.1) is 5.82 Å². The van der Waals surface area contributed by atoms with Crippen molar-refractivity contribution in [3.8, 4) is 5.75 Å². The molecule has 2 rings (SSSR count). The number of anilines is 1. The molecule has 1 aromatic rings. The van der Waals surface area contributed by atoms with Crippen molar-refractivity contribution in [3.63, 3.8) is 0 Å². The Bertz CT molecular complexity index is 431. The molecule has 1 fully saturated rings. The van der Waals surface area contributed by atoms with E-state index in [0.29, 0.717) is 12.3 Å². The first-order valence-electron chi connectivity index (χ1n) is 6.17. The average Bonchev–Trinajstić information content (AvgIpc) is 2.86. The molecule has 0 radical (unpaired) electrons. The summed E-state index contributed by atoms with van der Waals surface area (Å²) in [5, 5.41) is 5.79. The Morgan fingerprint density at radius 3 is 3.06 bits per heavy atom. The van der Waals surface area contributed by atoms with E-state index < -0.39 is 5.82 Å². The van der Waals surface area contributed by atoms with E-state index in [4.69, 9.17) is 4.74 Å². The molecule has 1 aliphatic rings. The molecule has 0 bridgehead atoms. The van der Waals surface area contributed by atoms with Gasteiger partial charge in [0.25, 0.3) is 0 Å². The maximum absolute atomic E-state index is 13.6. The third-order valence-corrected chi connectivity index (χ3v) is 2.88. The monoisotopic (exact) mass is 252 g/mol. The molecule has 1 aliphatic heterocycles. The number of hydrogen-bond acceptors (Lipinski definition) is 3. The zero-order chi connectivity index (χ0) is 13.0. The molecule has 1 aromatic carbocycles. The molecule has 1 saturated heterocycles. The van der Waals surface area contributed by atoms with Gasteiger partial charge in [-0.25, -0.2) is 4.39 Å². The zero-order valence-corrected chi connectivity index (χ0v) is 10.3. The van der Waals surface area contributed by atoms with Crippen molar-refractivity contribution in [2.75, 3.05) is 18.5 Å². The first-order chi connectivity index (χ1) is 8.70. The van der Waals surface area contributed by atoms with Crippen LogP contribution in [-0.4, -0.2) is 25.1 Å². The number of carbonyl (C=O) groups is 1. The van der Waals surface area contributed by atoms with E-state index in [1.165, 1.54) is 12.1 Å². The van der Waals surface area contributed by atoms with Crippen LogP contribution in [0.2, 0.25) is 0 Å². The highest BCUT2D eigenvalue weighted by Crippen LogP contribution is 2.21. The van der Waals surface area contributed by atoms with Crippen LogP contribution in [-0.2, 0) is 4.79 Å². The van der Waals surface area contributed by atoms with Crippen LogP contribution >= 0.6 is 0 Å². The van der Waals surface area contributed by atoms with E-state index in [9.17, 15) is 9.18 Å². The van der Waals surface area contributed by atoms with Crippen molar-refractivity contribution in [2.45, 2.75) is 25.8 Å². The molecule has 1 heterocycles. The minimum absolute atomic E-state index is 0.115. The summed E-state index contributed by atoms with van der Waals surface area (Å²) in [5.74, 6) is -0.375. The lowest BCUT2D eigenvalue weighted by atomic mass is 10.2. The minimum atomic E-state index is -0.464. The lowest BCUT2D eigenvalue weighted by Gasteiger charge is -2.12. The van der Waals surface area contributed by atoms with Crippen molar-refractivity contribution in [2.24, 2.45) is 0 Å². The van der Waals surface area contributed by atoms with E-state index in [1.807, 2.05) is 0 Å². The van der Waals surface area contributed by atoms with Crippen molar-refractivity contribution >= 4 is 11.6 Å². The van der Waals surface area contributed by atoms with Crippen LogP contribution in [0.4, 0.5) is 10.1 Å². The van der Waals surface area contributed by atoms with Gasteiger partial charge in [0.15, 0.2) is 11.6 Å². The summed E-state index contributed by atoms with van der Waals surface area (Å²) in [6.45, 7) is 3.06. The van der Waals surface area contributed by atoms with Crippen molar-refractivity contribution in [1.29, 1.82) is 0 Å². The van der Waals surface area contributed by atoms with Crippen LogP contribution in [0.3, 0.4) is 0 Å². The second-order valence-electron chi connectivity index (χ2n) is 4.22. The molecule has 0 aliphatic carbocycles. The number of ether oxygens (including phenoxy) is 1. The van der Waals surface area contributed by atoms with Gasteiger partial charge in [-0.15, -0.1) is 0 Å². The predicted molar refractivity (Wildman–Crippen MR) is 67.2 cm³/mol. The van der Waals surface area contributed by atoms with Crippen LogP contribution in [0.25, 0.3) is 0 Å². The van der Waals surface area contributed by atoms with Crippen molar-refractivity contribution in [3.05, 3.63) is 24.0 Å². The molecule has 0 aromatic heterocycles. The predicted octanol–water partition coefficient (Wildman–Crippen LogP) is 1.91.